The van der Waals surface area contributed by atoms with Crippen molar-refractivity contribution in [3.8, 4) is 16.9 Å². The molecule has 0 heterocycles. The van der Waals surface area contributed by atoms with Crippen LogP contribution in [-0.4, -0.2) is 30.5 Å². The fraction of sp³-hybridized carbons (Fsp3) is 0.364. The molecule has 1 aliphatic carbocycles. The standard InChI is InChI=1S/C22H24ClNO4/c1-28-19-5-4-16(13-24-7-6-21(25)15-2-3-15)20(12-19)17-8-14(10-22(26)27)9-18(23)11-17/h4-5,8-9,11-12,15,24H,2-3,6-7,10,13H2,1H3,(H,26,27). The summed E-state index contributed by atoms with van der Waals surface area (Å²) in [4.78, 5) is 22.9. The summed E-state index contributed by atoms with van der Waals surface area (Å²) in [5.41, 5.74) is 3.44. The summed E-state index contributed by atoms with van der Waals surface area (Å²) in [6.45, 7) is 1.23. The number of aliphatic carboxylic acids is 1. The number of ether oxygens (including phenoxy) is 1. The molecule has 148 valence electrons. The number of methoxy groups -OCH3 is 1. The zero-order valence-electron chi connectivity index (χ0n) is 15.8. The van der Waals surface area contributed by atoms with E-state index in [-0.39, 0.29) is 12.3 Å². The lowest BCUT2D eigenvalue weighted by atomic mass is 9.96. The summed E-state index contributed by atoms with van der Waals surface area (Å²) < 4.78 is 5.35. The summed E-state index contributed by atoms with van der Waals surface area (Å²) >= 11 is 6.23. The van der Waals surface area contributed by atoms with E-state index in [1.165, 1.54) is 0 Å². The van der Waals surface area contributed by atoms with Gasteiger partial charge in [0, 0.05) is 30.5 Å². The minimum absolute atomic E-state index is 0.0889. The summed E-state index contributed by atoms with van der Waals surface area (Å²) in [7, 11) is 1.61. The third-order valence-corrected chi connectivity index (χ3v) is 5.06. The first-order valence-electron chi connectivity index (χ1n) is 9.38. The summed E-state index contributed by atoms with van der Waals surface area (Å²) in [5.74, 6) is 0.441. The van der Waals surface area contributed by atoms with Crippen molar-refractivity contribution in [2.24, 2.45) is 5.92 Å². The highest BCUT2D eigenvalue weighted by Crippen LogP contribution is 2.32. The van der Waals surface area contributed by atoms with Crippen LogP contribution < -0.4 is 10.1 Å². The van der Waals surface area contributed by atoms with Gasteiger partial charge in [0.15, 0.2) is 0 Å². The van der Waals surface area contributed by atoms with Crippen LogP contribution in [0.1, 0.15) is 30.4 Å². The van der Waals surface area contributed by atoms with Crippen molar-refractivity contribution >= 4 is 23.4 Å². The number of carboxylic acids is 1. The topological polar surface area (TPSA) is 75.6 Å². The Balaban J connectivity index is 1.79. The van der Waals surface area contributed by atoms with Gasteiger partial charge in [-0.2, -0.15) is 0 Å². The van der Waals surface area contributed by atoms with E-state index in [0.29, 0.717) is 41.6 Å². The lowest BCUT2D eigenvalue weighted by Crippen LogP contribution is -2.19. The molecule has 0 unspecified atom stereocenters. The van der Waals surface area contributed by atoms with E-state index in [4.69, 9.17) is 21.4 Å². The van der Waals surface area contributed by atoms with E-state index >= 15 is 0 Å². The molecule has 1 aliphatic rings. The molecule has 1 fully saturated rings. The highest BCUT2D eigenvalue weighted by molar-refractivity contribution is 6.31. The van der Waals surface area contributed by atoms with Crippen LogP contribution in [0.15, 0.2) is 36.4 Å². The maximum atomic E-state index is 11.8. The van der Waals surface area contributed by atoms with Crippen molar-refractivity contribution in [2.45, 2.75) is 32.2 Å². The molecule has 5 nitrogen and oxygen atoms in total. The third-order valence-electron chi connectivity index (χ3n) is 4.84. The molecule has 0 radical (unpaired) electrons. The Morgan fingerprint density at radius 3 is 2.68 bits per heavy atom. The molecule has 2 aromatic rings. The first kappa shape index (κ1) is 20.4. The van der Waals surface area contributed by atoms with Gasteiger partial charge in [0.1, 0.15) is 11.5 Å². The predicted octanol–water partition coefficient (Wildman–Crippen LogP) is 4.10. The van der Waals surface area contributed by atoms with E-state index < -0.39 is 5.97 Å². The smallest absolute Gasteiger partial charge is 0.307 e. The molecule has 0 aromatic heterocycles. The zero-order chi connectivity index (χ0) is 20.1. The molecule has 0 amide bonds. The predicted molar refractivity (Wildman–Crippen MR) is 109 cm³/mol. The van der Waals surface area contributed by atoms with E-state index in [0.717, 1.165) is 29.5 Å². The number of hydrogen-bond acceptors (Lipinski definition) is 4. The van der Waals surface area contributed by atoms with Crippen LogP contribution in [0.3, 0.4) is 0 Å². The van der Waals surface area contributed by atoms with Crippen molar-refractivity contribution in [3.63, 3.8) is 0 Å². The molecular weight excluding hydrogens is 378 g/mol. The van der Waals surface area contributed by atoms with Crippen LogP contribution in [0, 0.1) is 5.92 Å². The van der Waals surface area contributed by atoms with Crippen molar-refractivity contribution in [3.05, 3.63) is 52.5 Å². The Morgan fingerprint density at radius 2 is 2.00 bits per heavy atom. The number of carbonyl (C=O) groups is 2. The average molecular weight is 402 g/mol. The fourth-order valence-electron chi connectivity index (χ4n) is 3.23. The first-order valence-corrected chi connectivity index (χ1v) is 9.76. The quantitative estimate of drug-likeness (QED) is 0.586. The minimum atomic E-state index is -0.902. The number of carboxylic acid groups (broad SMARTS) is 1. The van der Waals surface area contributed by atoms with Crippen LogP contribution in [0.25, 0.3) is 11.1 Å². The Kier molecular flexibility index (Phi) is 6.70. The van der Waals surface area contributed by atoms with Crippen LogP contribution >= 0.6 is 11.6 Å². The third kappa shape index (κ3) is 5.57. The Labute approximate surface area is 169 Å². The van der Waals surface area contributed by atoms with Crippen LogP contribution in [0.5, 0.6) is 5.75 Å². The van der Waals surface area contributed by atoms with Crippen molar-refractivity contribution < 1.29 is 19.4 Å². The molecule has 2 N–H and O–H groups in total. The van der Waals surface area contributed by atoms with E-state index in [1.807, 2.05) is 30.3 Å². The van der Waals surface area contributed by atoms with Gasteiger partial charge in [0.05, 0.1) is 13.5 Å². The van der Waals surface area contributed by atoms with Gasteiger partial charge in [-0.25, -0.2) is 0 Å². The lowest BCUT2D eigenvalue weighted by Gasteiger charge is -2.14. The number of benzene rings is 2. The number of carbonyl (C=O) groups excluding carboxylic acids is 1. The Bertz CT molecular complexity index is 877. The van der Waals surface area contributed by atoms with Crippen LogP contribution in [0.2, 0.25) is 5.02 Å². The Hall–Kier alpha value is -2.37. The molecule has 3 rings (SSSR count). The van der Waals surface area contributed by atoms with Gasteiger partial charge in [0.2, 0.25) is 0 Å². The summed E-state index contributed by atoms with van der Waals surface area (Å²) in [6, 6.07) is 11.1. The maximum absolute atomic E-state index is 11.8. The van der Waals surface area contributed by atoms with Crippen LogP contribution in [0.4, 0.5) is 0 Å². The number of halogens is 1. The molecule has 0 atom stereocenters. The second-order valence-electron chi connectivity index (χ2n) is 7.11. The molecule has 0 spiro atoms. The maximum Gasteiger partial charge on any atom is 0.307 e. The van der Waals surface area contributed by atoms with Crippen molar-refractivity contribution in [1.82, 2.24) is 5.32 Å². The molecule has 2 aromatic carbocycles. The monoisotopic (exact) mass is 401 g/mol. The molecule has 0 bridgehead atoms. The molecule has 28 heavy (non-hydrogen) atoms. The number of hydrogen-bond donors (Lipinski definition) is 2. The largest absolute Gasteiger partial charge is 0.497 e. The summed E-state index contributed by atoms with van der Waals surface area (Å²) in [6.07, 6.45) is 2.54. The van der Waals surface area contributed by atoms with E-state index in [2.05, 4.69) is 5.32 Å². The van der Waals surface area contributed by atoms with E-state index in [9.17, 15) is 9.59 Å². The normalized spacial score (nSPS) is 13.4. The van der Waals surface area contributed by atoms with Crippen molar-refractivity contribution in [2.75, 3.05) is 13.7 Å². The number of rotatable bonds is 10. The zero-order valence-corrected chi connectivity index (χ0v) is 16.6. The molecule has 0 aliphatic heterocycles. The van der Waals surface area contributed by atoms with Crippen LogP contribution in [-0.2, 0) is 22.6 Å². The second-order valence-corrected chi connectivity index (χ2v) is 7.55. The molecule has 1 saturated carbocycles. The number of ketones is 1. The van der Waals surface area contributed by atoms with Gasteiger partial charge in [-0.05, 0) is 59.4 Å². The van der Waals surface area contributed by atoms with Gasteiger partial charge in [-0.1, -0.05) is 23.7 Å². The van der Waals surface area contributed by atoms with Gasteiger partial charge in [0.25, 0.3) is 0 Å². The minimum Gasteiger partial charge on any atom is -0.497 e. The van der Waals surface area contributed by atoms with Gasteiger partial charge in [-0.3, -0.25) is 9.59 Å². The van der Waals surface area contributed by atoms with E-state index in [1.54, 1.807) is 13.2 Å². The number of Topliss-reactive ketones (excluding diaryl/α,β-unsaturated/α-hetero) is 1. The van der Waals surface area contributed by atoms with Crippen molar-refractivity contribution in [1.29, 1.82) is 0 Å². The SMILES string of the molecule is COc1ccc(CNCCC(=O)C2CC2)c(-c2cc(Cl)cc(CC(=O)O)c2)c1. The summed E-state index contributed by atoms with van der Waals surface area (Å²) in [5, 5.41) is 12.9. The highest BCUT2D eigenvalue weighted by atomic mass is 35.5. The van der Waals surface area contributed by atoms with Gasteiger partial charge in [-0.15, -0.1) is 0 Å². The lowest BCUT2D eigenvalue weighted by molar-refractivity contribution is -0.136. The molecular formula is C22H24ClNO4. The first-order chi connectivity index (χ1) is 13.5. The molecule has 6 heteroatoms. The highest BCUT2D eigenvalue weighted by Gasteiger charge is 2.28. The Morgan fingerprint density at radius 1 is 1.21 bits per heavy atom. The molecule has 0 saturated heterocycles. The number of nitrogens with one attached hydrogen (secondary N) is 1. The van der Waals surface area contributed by atoms with Gasteiger partial charge < -0.3 is 15.2 Å². The fourth-order valence-corrected chi connectivity index (χ4v) is 3.49. The second kappa shape index (κ2) is 9.22. The average Bonchev–Trinajstić information content (AvgIpc) is 3.49. The van der Waals surface area contributed by atoms with Gasteiger partial charge >= 0.3 is 5.97 Å².